The second-order valence-electron chi connectivity index (χ2n) is 12.0. The fourth-order valence-electron chi connectivity index (χ4n) is 7.44. The van der Waals surface area contributed by atoms with E-state index in [0.717, 1.165) is 38.8 Å². The molecule has 0 fully saturated rings. The summed E-state index contributed by atoms with van der Waals surface area (Å²) < 4.78 is 7.00. The summed E-state index contributed by atoms with van der Waals surface area (Å²) in [6.07, 6.45) is 0. The fraction of sp³-hybridized carbons (Fsp3) is 0. The zero-order chi connectivity index (χ0) is 31.2. The molecule has 0 bridgehead atoms. The van der Waals surface area contributed by atoms with Crippen molar-refractivity contribution >= 4 is 72.2 Å². The lowest BCUT2D eigenvalue weighted by atomic mass is 10.0. The zero-order valence-electron chi connectivity index (χ0n) is 24.9. The number of nitrogens with zero attached hydrogens (tertiary/aromatic N) is 5. The number of rotatable bonds is 3. The summed E-state index contributed by atoms with van der Waals surface area (Å²) in [5.41, 5.74) is 10.7. The van der Waals surface area contributed by atoms with Crippen LogP contribution in [0, 0.1) is 16.0 Å². The summed E-state index contributed by atoms with van der Waals surface area (Å²) in [4.78, 5) is 4.66. The second-order valence-corrected chi connectivity index (χ2v) is 12.4. The molecular formula is C41H23N5S. The van der Waals surface area contributed by atoms with E-state index in [1.165, 1.54) is 43.7 Å². The molecule has 0 spiro atoms. The number of pyridine rings is 1. The number of hydrogen-bond donors (Lipinski definition) is 0. The maximum atomic E-state index is 9.78. The van der Waals surface area contributed by atoms with E-state index >= 15 is 0 Å². The normalized spacial score (nSPS) is 11.9. The first-order valence-corrected chi connectivity index (χ1v) is 15.9. The van der Waals surface area contributed by atoms with Gasteiger partial charge in [0.1, 0.15) is 10.7 Å². The van der Waals surface area contributed by atoms with Crippen LogP contribution in [0.5, 0.6) is 0 Å². The van der Waals surface area contributed by atoms with Gasteiger partial charge in [-0.2, -0.15) is 5.26 Å². The molecule has 6 heteroatoms. The van der Waals surface area contributed by atoms with Gasteiger partial charge in [0.05, 0.1) is 33.1 Å². The van der Waals surface area contributed by atoms with Crippen molar-refractivity contribution < 1.29 is 0 Å². The zero-order valence-corrected chi connectivity index (χ0v) is 25.7. The van der Waals surface area contributed by atoms with Gasteiger partial charge in [0, 0.05) is 38.3 Å². The summed E-state index contributed by atoms with van der Waals surface area (Å²) in [6, 6.07) is 51.6. The Kier molecular flexibility index (Phi) is 5.31. The molecule has 218 valence electrons. The topological polar surface area (TPSA) is 51.0 Å². The van der Waals surface area contributed by atoms with Crippen LogP contribution in [0.1, 0.15) is 5.82 Å². The number of nitriles is 1. The standard InChI is InChI=1S/C41H23N5S/c42-24-39-43-34-23-29(20-27-16-19-40(47)46(39)41(27)34)45-36-13-7-5-11-31(36)33-22-26(15-18-38(33)45)25-14-17-37-32(21-25)30-10-4-6-12-35(30)44(37)28-8-2-1-3-9-28/h1-23H. The third-order valence-corrected chi connectivity index (χ3v) is 9.76. The minimum absolute atomic E-state index is 0.309. The molecule has 0 aliphatic heterocycles. The molecule has 0 atom stereocenters. The van der Waals surface area contributed by atoms with Gasteiger partial charge in [-0.3, -0.25) is 4.40 Å². The molecule has 10 aromatic rings. The molecule has 0 saturated carbocycles. The largest absolute Gasteiger partial charge is 0.309 e. The van der Waals surface area contributed by atoms with E-state index in [0.29, 0.717) is 10.5 Å². The minimum atomic E-state index is 0.309. The fourth-order valence-corrected chi connectivity index (χ4v) is 7.69. The van der Waals surface area contributed by atoms with Gasteiger partial charge in [-0.1, -0.05) is 78.9 Å². The maximum Gasteiger partial charge on any atom is 0.219 e. The van der Waals surface area contributed by atoms with Crippen molar-refractivity contribution in [3.05, 3.63) is 150 Å². The maximum absolute atomic E-state index is 9.78. The lowest BCUT2D eigenvalue weighted by Gasteiger charge is -2.10. The summed E-state index contributed by atoms with van der Waals surface area (Å²) in [5.74, 6) is 0.309. The van der Waals surface area contributed by atoms with Crippen molar-refractivity contribution in [2.45, 2.75) is 0 Å². The summed E-state index contributed by atoms with van der Waals surface area (Å²) >= 11 is 5.54. The molecule has 0 amide bonds. The summed E-state index contributed by atoms with van der Waals surface area (Å²) in [6.45, 7) is 0. The molecule has 4 aromatic heterocycles. The van der Waals surface area contributed by atoms with E-state index < -0.39 is 0 Å². The van der Waals surface area contributed by atoms with E-state index in [-0.39, 0.29) is 0 Å². The van der Waals surface area contributed by atoms with E-state index in [1.807, 2.05) is 12.1 Å². The smallest absolute Gasteiger partial charge is 0.219 e. The first-order valence-electron chi connectivity index (χ1n) is 15.5. The van der Waals surface area contributed by atoms with Crippen molar-refractivity contribution in [2.24, 2.45) is 0 Å². The second kappa shape index (κ2) is 9.60. The molecule has 0 aliphatic carbocycles. The van der Waals surface area contributed by atoms with Crippen LogP contribution in [-0.2, 0) is 0 Å². The van der Waals surface area contributed by atoms with Crippen molar-refractivity contribution in [3.8, 4) is 28.6 Å². The van der Waals surface area contributed by atoms with E-state index in [1.54, 1.807) is 4.40 Å². The van der Waals surface area contributed by atoms with Crippen LogP contribution in [0.2, 0.25) is 0 Å². The number of fused-ring (bicyclic) bond motifs is 6. The third kappa shape index (κ3) is 3.63. The molecule has 0 unspecified atom stereocenters. The van der Waals surface area contributed by atoms with E-state index in [9.17, 15) is 5.26 Å². The van der Waals surface area contributed by atoms with Crippen molar-refractivity contribution in [1.29, 1.82) is 5.26 Å². The molecule has 6 aromatic carbocycles. The molecular weight excluding hydrogens is 595 g/mol. The minimum Gasteiger partial charge on any atom is -0.309 e. The SMILES string of the molecule is N#Cc1nc2cc(-n3c4ccccc4c4cc(-c5ccc6c(c5)c5ccccc5n6-c5ccccc5)ccc43)cc3ccc(=S)n1c32. The Labute approximate surface area is 273 Å². The van der Waals surface area contributed by atoms with Crippen LogP contribution < -0.4 is 0 Å². The number of benzene rings is 6. The molecule has 47 heavy (non-hydrogen) atoms. The Morgan fingerprint density at radius 1 is 0.532 bits per heavy atom. The number of para-hydroxylation sites is 3. The van der Waals surface area contributed by atoms with Gasteiger partial charge in [0.2, 0.25) is 5.82 Å². The highest BCUT2D eigenvalue weighted by Crippen LogP contribution is 2.39. The van der Waals surface area contributed by atoms with Crippen LogP contribution in [0.3, 0.4) is 0 Å². The number of imidazole rings is 1. The monoisotopic (exact) mass is 617 g/mol. The van der Waals surface area contributed by atoms with Gasteiger partial charge in [0.25, 0.3) is 0 Å². The Bertz CT molecular complexity index is 2990. The van der Waals surface area contributed by atoms with Gasteiger partial charge >= 0.3 is 0 Å². The number of hydrogen-bond acceptors (Lipinski definition) is 3. The first kappa shape index (κ1) is 26.0. The Balaban J connectivity index is 1.19. The highest BCUT2D eigenvalue weighted by Gasteiger charge is 2.18. The van der Waals surface area contributed by atoms with Gasteiger partial charge in [-0.25, -0.2) is 4.98 Å². The summed E-state index contributed by atoms with van der Waals surface area (Å²) in [5, 5.41) is 15.6. The Hall–Kier alpha value is -6.29. The van der Waals surface area contributed by atoms with Crippen molar-refractivity contribution in [1.82, 2.24) is 18.5 Å². The van der Waals surface area contributed by atoms with Crippen molar-refractivity contribution in [3.63, 3.8) is 0 Å². The van der Waals surface area contributed by atoms with Crippen LogP contribution in [-0.4, -0.2) is 18.5 Å². The molecule has 0 saturated heterocycles. The van der Waals surface area contributed by atoms with Gasteiger partial charge in [0.15, 0.2) is 0 Å². The quantitative estimate of drug-likeness (QED) is 0.185. The molecule has 0 radical (unpaired) electrons. The van der Waals surface area contributed by atoms with E-state index in [4.69, 9.17) is 12.2 Å². The average Bonchev–Trinajstić information content (AvgIpc) is 3.78. The van der Waals surface area contributed by atoms with Crippen LogP contribution in [0.25, 0.3) is 82.5 Å². The Morgan fingerprint density at radius 3 is 1.74 bits per heavy atom. The molecule has 5 nitrogen and oxygen atoms in total. The molecule has 0 aliphatic rings. The van der Waals surface area contributed by atoms with Crippen molar-refractivity contribution in [2.75, 3.05) is 0 Å². The summed E-state index contributed by atoms with van der Waals surface area (Å²) in [7, 11) is 0. The van der Waals surface area contributed by atoms with Crippen LogP contribution >= 0.6 is 12.2 Å². The van der Waals surface area contributed by atoms with Crippen LogP contribution in [0.15, 0.2) is 140 Å². The molecule has 4 heterocycles. The highest BCUT2D eigenvalue weighted by molar-refractivity contribution is 7.71. The van der Waals surface area contributed by atoms with E-state index in [2.05, 4.69) is 148 Å². The lowest BCUT2D eigenvalue weighted by Crippen LogP contribution is -1.95. The first-order chi connectivity index (χ1) is 23.2. The van der Waals surface area contributed by atoms with Gasteiger partial charge in [-0.05, 0) is 83.9 Å². The third-order valence-electron chi connectivity index (χ3n) is 9.44. The number of aromatic nitrogens is 4. The predicted molar refractivity (Wildman–Crippen MR) is 194 cm³/mol. The average molecular weight is 618 g/mol. The lowest BCUT2D eigenvalue weighted by molar-refractivity contribution is 1.09. The molecule has 10 rings (SSSR count). The Morgan fingerprint density at radius 2 is 1.11 bits per heavy atom. The van der Waals surface area contributed by atoms with Gasteiger partial charge < -0.3 is 9.13 Å². The molecule has 0 N–H and O–H groups in total. The van der Waals surface area contributed by atoms with Gasteiger partial charge in [-0.15, -0.1) is 0 Å². The van der Waals surface area contributed by atoms with Crippen LogP contribution in [0.4, 0.5) is 0 Å². The predicted octanol–water partition coefficient (Wildman–Crippen LogP) is 10.4. The highest BCUT2D eigenvalue weighted by atomic mass is 32.1.